The van der Waals surface area contributed by atoms with Crippen LogP contribution < -0.4 is 10.2 Å². The fraction of sp³-hybridized carbons (Fsp3) is 0. The Morgan fingerprint density at radius 3 is 2.44 bits per heavy atom. The van der Waals surface area contributed by atoms with Crippen LogP contribution in [0.15, 0.2) is 41.3 Å². The molecule has 3 rings (SSSR count). The fourth-order valence-electron chi connectivity index (χ4n) is 2.34. The van der Waals surface area contributed by atoms with E-state index in [-0.39, 0.29) is 21.6 Å². The van der Waals surface area contributed by atoms with Crippen LogP contribution in [0.3, 0.4) is 0 Å². The maximum atomic E-state index is 13.6. The van der Waals surface area contributed by atoms with E-state index in [1.807, 2.05) is 0 Å². The van der Waals surface area contributed by atoms with Crippen LogP contribution in [0.4, 0.5) is 18.0 Å². The van der Waals surface area contributed by atoms with Gasteiger partial charge in [-0.25, -0.2) is 18.0 Å². The summed E-state index contributed by atoms with van der Waals surface area (Å²) in [6.45, 7) is 0. The fourth-order valence-corrected chi connectivity index (χ4v) is 2.60. The average Bonchev–Trinajstić information content (AvgIpc) is 2.52. The molecule has 1 N–H and O–H groups in total. The summed E-state index contributed by atoms with van der Waals surface area (Å²) >= 11 is 5.97. The van der Waals surface area contributed by atoms with Crippen LogP contribution in [0.1, 0.15) is 0 Å². The summed E-state index contributed by atoms with van der Waals surface area (Å²) in [4.78, 5) is 23.0. The Bertz CT molecular complexity index is 1080. The molecule has 1 heterocycles. The van der Waals surface area contributed by atoms with Crippen LogP contribution in [-0.4, -0.2) is 15.8 Å². The molecule has 9 heteroatoms. The van der Waals surface area contributed by atoms with Gasteiger partial charge in [0.05, 0.1) is 27.8 Å². The van der Waals surface area contributed by atoms with Crippen LogP contribution in [-0.2, 0) is 0 Å². The lowest BCUT2D eigenvalue weighted by atomic mass is 10.1. The number of hydrogen-bond acceptors (Lipinski definition) is 3. The minimum atomic E-state index is -1.77. The Morgan fingerprint density at radius 1 is 1.12 bits per heavy atom. The number of carbonyl (C=O) groups is 1. The van der Waals surface area contributed by atoms with E-state index < -0.39 is 34.8 Å². The molecule has 2 aromatic carbocycles. The van der Waals surface area contributed by atoms with E-state index in [1.54, 1.807) is 0 Å². The van der Waals surface area contributed by atoms with Gasteiger partial charge in [-0.15, -0.1) is 0 Å². The zero-order valence-corrected chi connectivity index (χ0v) is 12.9. The first-order valence-electron chi connectivity index (χ1n) is 6.68. The van der Waals surface area contributed by atoms with Crippen LogP contribution in [0.5, 0.6) is 5.75 Å². The molecule has 0 radical (unpaired) electrons. The van der Waals surface area contributed by atoms with Crippen molar-refractivity contribution in [3.8, 4) is 11.4 Å². The molecule has 3 aromatic rings. The van der Waals surface area contributed by atoms with Crippen molar-refractivity contribution in [1.29, 1.82) is 0 Å². The number of fused-ring (bicyclic) bond motifs is 1. The van der Waals surface area contributed by atoms with Gasteiger partial charge in [-0.05, 0) is 24.3 Å². The molecular weight excluding hydrogens is 363 g/mol. The van der Waals surface area contributed by atoms with Crippen molar-refractivity contribution in [2.24, 2.45) is 0 Å². The maximum Gasteiger partial charge on any atom is 0.511 e. The summed E-state index contributed by atoms with van der Waals surface area (Å²) in [5.41, 5.74) is -0.949. The Labute approximate surface area is 142 Å². The van der Waals surface area contributed by atoms with Crippen LogP contribution in [0.2, 0.25) is 5.02 Å². The molecular formula is C16H7ClF3NO4. The quantitative estimate of drug-likeness (QED) is 0.690. The van der Waals surface area contributed by atoms with E-state index in [0.717, 1.165) is 29.0 Å². The first kappa shape index (κ1) is 16.8. The van der Waals surface area contributed by atoms with Gasteiger partial charge in [0.15, 0.2) is 17.4 Å². The molecule has 0 fully saturated rings. The van der Waals surface area contributed by atoms with Crippen molar-refractivity contribution >= 4 is 28.7 Å². The maximum absolute atomic E-state index is 13.6. The number of nitrogens with zero attached hydrogens (tertiary/aromatic N) is 1. The van der Waals surface area contributed by atoms with E-state index in [0.29, 0.717) is 6.07 Å². The summed E-state index contributed by atoms with van der Waals surface area (Å²) in [5, 5.41) is 8.30. The highest BCUT2D eigenvalue weighted by Gasteiger charge is 2.18. The predicted molar refractivity (Wildman–Crippen MR) is 83.1 cm³/mol. The molecule has 128 valence electrons. The second kappa shape index (κ2) is 6.14. The molecule has 0 amide bonds. The lowest BCUT2D eigenvalue weighted by Gasteiger charge is -2.14. The van der Waals surface area contributed by atoms with Gasteiger partial charge < -0.3 is 14.4 Å². The minimum Gasteiger partial charge on any atom is -0.449 e. The number of hydrogen-bond donors (Lipinski definition) is 1. The Kier molecular flexibility index (Phi) is 4.13. The zero-order chi connectivity index (χ0) is 18.3. The van der Waals surface area contributed by atoms with Gasteiger partial charge in [-0.3, -0.25) is 4.79 Å². The summed E-state index contributed by atoms with van der Waals surface area (Å²) in [6.07, 6.45) is -0.814. The number of halogens is 4. The van der Waals surface area contributed by atoms with Crippen molar-refractivity contribution in [3.63, 3.8) is 0 Å². The van der Waals surface area contributed by atoms with Crippen molar-refractivity contribution in [3.05, 3.63) is 69.2 Å². The van der Waals surface area contributed by atoms with Gasteiger partial charge in [0.2, 0.25) is 5.43 Å². The smallest absolute Gasteiger partial charge is 0.449 e. The number of benzene rings is 2. The first-order chi connectivity index (χ1) is 11.8. The molecule has 0 atom stereocenters. The summed E-state index contributed by atoms with van der Waals surface area (Å²) in [6, 6.07) is 4.63. The molecule has 1 aromatic heterocycles. The van der Waals surface area contributed by atoms with E-state index >= 15 is 0 Å². The Morgan fingerprint density at radius 2 is 1.80 bits per heavy atom. The number of rotatable bonds is 2. The van der Waals surface area contributed by atoms with Gasteiger partial charge >= 0.3 is 6.16 Å². The van der Waals surface area contributed by atoms with Crippen LogP contribution >= 0.6 is 11.6 Å². The highest BCUT2D eigenvalue weighted by molar-refractivity contribution is 6.32. The van der Waals surface area contributed by atoms with E-state index in [2.05, 4.69) is 4.74 Å². The number of pyridine rings is 1. The van der Waals surface area contributed by atoms with Gasteiger partial charge in [-0.1, -0.05) is 11.6 Å². The zero-order valence-electron chi connectivity index (χ0n) is 12.1. The first-order valence-corrected chi connectivity index (χ1v) is 7.06. The topological polar surface area (TPSA) is 68.5 Å². The summed E-state index contributed by atoms with van der Waals surface area (Å²) in [7, 11) is 0. The molecule has 0 aliphatic carbocycles. The SMILES string of the molecule is O=C(O)Oc1cn(-c2ccc(F)cc2Cl)c2cc(F)c(F)cc2c1=O. The highest BCUT2D eigenvalue weighted by Crippen LogP contribution is 2.27. The monoisotopic (exact) mass is 369 g/mol. The third-order valence-corrected chi connectivity index (χ3v) is 3.68. The Balaban J connectivity index is 2.43. The lowest BCUT2D eigenvalue weighted by Crippen LogP contribution is -2.16. The standard InChI is InChI=1S/C16H7ClF3NO4/c17-9-3-7(18)1-2-12(9)21-6-14(25-16(23)24)15(22)8-4-10(19)11(20)5-13(8)21/h1-6H,(H,23,24). The van der Waals surface area contributed by atoms with Gasteiger partial charge in [0.25, 0.3) is 0 Å². The molecule has 0 spiro atoms. The molecule has 0 saturated heterocycles. The lowest BCUT2D eigenvalue weighted by molar-refractivity contribution is 0.144. The number of ether oxygens (including phenoxy) is 1. The second-order valence-corrected chi connectivity index (χ2v) is 5.35. The van der Waals surface area contributed by atoms with Crippen molar-refractivity contribution in [1.82, 2.24) is 4.57 Å². The average molecular weight is 370 g/mol. The van der Waals surface area contributed by atoms with Gasteiger partial charge in [-0.2, -0.15) is 0 Å². The van der Waals surface area contributed by atoms with Gasteiger partial charge in [0.1, 0.15) is 5.82 Å². The molecule has 0 bridgehead atoms. The molecule has 25 heavy (non-hydrogen) atoms. The molecule has 0 saturated carbocycles. The van der Waals surface area contributed by atoms with E-state index in [1.165, 1.54) is 6.07 Å². The van der Waals surface area contributed by atoms with Crippen molar-refractivity contribution in [2.45, 2.75) is 0 Å². The molecule has 5 nitrogen and oxygen atoms in total. The molecule has 0 aliphatic heterocycles. The molecule has 0 aliphatic rings. The van der Waals surface area contributed by atoms with Crippen LogP contribution in [0, 0.1) is 17.5 Å². The van der Waals surface area contributed by atoms with Crippen LogP contribution in [0.25, 0.3) is 16.6 Å². The third-order valence-electron chi connectivity index (χ3n) is 3.38. The summed E-state index contributed by atoms with van der Waals surface area (Å²) < 4.78 is 45.9. The number of aromatic nitrogens is 1. The minimum absolute atomic E-state index is 0.101. The van der Waals surface area contributed by atoms with Gasteiger partial charge in [0, 0.05) is 6.07 Å². The van der Waals surface area contributed by atoms with Crippen molar-refractivity contribution < 1.29 is 27.8 Å². The third kappa shape index (κ3) is 3.03. The normalized spacial score (nSPS) is 10.9. The largest absolute Gasteiger partial charge is 0.511 e. The summed E-state index contributed by atoms with van der Waals surface area (Å²) in [5.74, 6) is -3.82. The van der Waals surface area contributed by atoms with E-state index in [9.17, 15) is 22.8 Å². The predicted octanol–water partition coefficient (Wildman–Crippen LogP) is 4.12. The number of carboxylic acid groups (broad SMARTS) is 1. The van der Waals surface area contributed by atoms with E-state index in [4.69, 9.17) is 16.7 Å². The van der Waals surface area contributed by atoms with Crippen molar-refractivity contribution in [2.75, 3.05) is 0 Å². The Hall–Kier alpha value is -3.00. The molecule has 0 unspecified atom stereocenters. The second-order valence-electron chi connectivity index (χ2n) is 4.94. The highest BCUT2D eigenvalue weighted by atomic mass is 35.5.